The van der Waals surface area contributed by atoms with Gasteiger partial charge in [0.05, 0.1) is 11.7 Å². The molecule has 0 N–H and O–H groups in total. The molecule has 0 aliphatic carbocycles. The summed E-state index contributed by atoms with van der Waals surface area (Å²) in [7, 11) is 0. The molecular formula is C13H26O. The minimum Gasteiger partial charge on any atom is -0.373 e. The van der Waals surface area contributed by atoms with Crippen LogP contribution in [0.15, 0.2) is 12.2 Å². The van der Waals surface area contributed by atoms with E-state index in [1.807, 2.05) is 0 Å². The first-order chi connectivity index (χ1) is 6.31. The van der Waals surface area contributed by atoms with E-state index >= 15 is 0 Å². The number of allylic oxidation sites excluding steroid dienone is 2. The molecule has 0 amide bonds. The molecule has 0 rings (SSSR count). The predicted octanol–water partition coefficient (Wildman–Crippen LogP) is 4.18. The highest BCUT2D eigenvalue weighted by molar-refractivity contribution is 4.84. The summed E-state index contributed by atoms with van der Waals surface area (Å²) in [6, 6.07) is 0. The molecule has 0 aliphatic rings. The molecule has 0 aromatic carbocycles. The van der Waals surface area contributed by atoms with Crippen molar-refractivity contribution >= 4 is 0 Å². The zero-order chi connectivity index (χ0) is 11.2. The number of hydrogen-bond donors (Lipinski definition) is 0. The number of rotatable bonds is 5. The van der Waals surface area contributed by atoms with Gasteiger partial charge >= 0.3 is 0 Å². The number of ether oxygens (including phenoxy) is 1. The summed E-state index contributed by atoms with van der Waals surface area (Å²) < 4.78 is 5.81. The molecule has 84 valence electrons. The van der Waals surface area contributed by atoms with Gasteiger partial charge in [0.15, 0.2) is 0 Å². The van der Waals surface area contributed by atoms with Gasteiger partial charge in [0.25, 0.3) is 0 Å². The summed E-state index contributed by atoms with van der Waals surface area (Å²) in [4.78, 5) is 0. The van der Waals surface area contributed by atoms with Crippen LogP contribution in [-0.4, -0.2) is 11.7 Å². The van der Waals surface area contributed by atoms with Gasteiger partial charge in [0.2, 0.25) is 0 Å². The van der Waals surface area contributed by atoms with Crippen LogP contribution in [0.4, 0.5) is 0 Å². The lowest BCUT2D eigenvalue weighted by Gasteiger charge is -2.24. The van der Waals surface area contributed by atoms with Gasteiger partial charge in [-0.05, 0) is 46.5 Å². The fraction of sp³-hybridized carbons (Fsp3) is 0.846. The van der Waals surface area contributed by atoms with Crippen molar-refractivity contribution < 1.29 is 4.74 Å². The van der Waals surface area contributed by atoms with Crippen LogP contribution in [0, 0.1) is 5.92 Å². The Morgan fingerprint density at radius 2 is 1.71 bits per heavy atom. The normalized spacial score (nSPS) is 15.4. The molecule has 0 aromatic rings. The van der Waals surface area contributed by atoms with Crippen LogP contribution in [0.25, 0.3) is 0 Å². The van der Waals surface area contributed by atoms with E-state index in [2.05, 4.69) is 53.7 Å². The predicted molar refractivity (Wildman–Crippen MR) is 63.5 cm³/mol. The summed E-state index contributed by atoms with van der Waals surface area (Å²) in [6.45, 7) is 12.9. The van der Waals surface area contributed by atoms with Crippen molar-refractivity contribution in [1.82, 2.24) is 0 Å². The van der Waals surface area contributed by atoms with Gasteiger partial charge in [-0.15, -0.1) is 0 Å². The third-order valence-corrected chi connectivity index (χ3v) is 1.82. The third-order valence-electron chi connectivity index (χ3n) is 1.82. The first kappa shape index (κ1) is 13.7. The zero-order valence-electron chi connectivity index (χ0n) is 10.6. The van der Waals surface area contributed by atoms with Gasteiger partial charge in [-0.2, -0.15) is 0 Å². The van der Waals surface area contributed by atoms with E-state index in [1.54, 1.807) is 0 Å². The second-order valence-electron chi connectivity index (χ2n) is 5.29. The third kappa shape index (κ3) is 9.79. The van der Waals surface area contributed by atoms with Gasteiger partial charge < -0.3 is 4.74 Å². The van der Waals surface area contributed by atoms with E-state index < -0.39 is 0 Å². The minimum atomic E-state index is -0.0127. The van der Waals surface area contributed by atoms with E-state index in [0.29, 0.717) is 12.0 Å². The van der Waals surface area contributed by atoms with Crippen LogP contribution in [-0.2, 0) is 4.74 Å². The van der Waals surface area contributed by atoms with Crippen molar-refractivity contribution in [2.24, 2.45) is 5.92 Å². The molecule has 0 aliphatic heterocycles. The van der Waals surface area contributed by atoms with Crippen molar-refractivity contribution in [3.63, 3.8) is 0 Å². The van der Waals surface area contributed by atoms with Crippen LogP contribution in [0.3, 0.4) is 0 Å². The Kier molecular flexibility index (Phi) is 6.10. The maximum atomic E-state index is 5.81. The largest absolute Gasteiger partial charge is 0.373 e. The second-order valence-corrected chi connectivity index (χ2v) is 5.29. The molecule has 0 unspecified atom stereocenters. The van der Waals surface area contributed by atoms with E-state index in [1.165, 1.54) is 0 Å². The summed E-state index contributed by atoms with van der Waals surface area (Å²) >= 11 is 0. The summed E-state index contributed by atoms with van der Waals surface area (Å²) in [5.74, 6) is 0.661. The lowest BCUT2D eigenvalue weighted by molar-refractivity contribution is -0.0536. The van der Waals surface area contributed by atoms with Crippen LogP contribution < -0.4 is 0 Å². The molecule has 0 spiro atoms. The molecular weight excluding hydrogens is 172 g/mol. The fourth-order valence-corrected chi connectivity index (χ4v) is 1.36. The van der Waals surface area contributed by atoms with Gasteiger partial charge in [0.1, 0.15) is 0 Å². The SMILES string of the molecule is CC(C)/C=C/CC[C@H](C)OC(C)(C)C. The Bertz CT molecular complexity index is 163. The van der Waals surface area contributed by atoms with E-state index in [-0.39, 0.29) is 5.60 Å². The van der Waals surface area contributed by atoms with Crippen molar-refractivity contribution in [1.29, 1.82) is 0 Å². The lowest BCUT2D eigenvalue weighted by Crippen LogP contribution is -2.25. The smallest absolute Gasteiger partial charge is 0.0602 e. The maximum Gasteiger partial charge on any atom is 0.0602 e. The molecule has 0 heterocycles. The molecule has 1 atom stereocenters. The topological polar surface area (TPSA) is 9.23 Å². The van der Waals surface area contributed by atoms with Crippen molar-refractivity contribution in [2.75, 3.05) is 0 Å². The van der Waals surface area contributed by atoms with Gasteiger partial charge in [-0.3, -0.25) is 0 Å². The summed E-state index contributed by atoms with van der Waals surface area (Å²) in [5, 5.41) is 0. The van der Waals surface area contributed by atoms with Gasteiger partial charge in [-0.25, -0.2) is 0 Å². The van der Waals surface area contributed by atoms with Crippen molar-refractivity contribution in [2.45, 2.75) is 66.1 Å². The Hall–Kier alpha value is -0.300. The quantitative estimate of drug-likeness (QED) is 0.602. The molecule has 0 saturated heterocycles. The van der Waals surface area contributed by atoms with Gasteiger partial charge in [0, 0.05) is 0 Å². The lowest BCUT2D eigenvalue weighted by atomic mass is 10.1. The summed E-state index contributed by atoms with van der Waals surface area (Å²) in [6.07, 6.45) is 7.10. The Morgan fingerprint density at radius 3 is 2.14 bits per heavy atom. The Labute approximate surface area is 89.5 Å². The molecule has 1 heteroatoms. The van der Waals surface area contributed by atoms with Crippen molar-refractivity contribution in [3.8, 4) is 0 Å². The second kappa shape index (κ2) is 6.23. The molecule has 0 radical (unpaired) electrons. The molecule has 0 bridgehead atoms. The van der Waals surface area contributed by atoms with Gasteiger partial charge in [-0.1, -0.05) is 26.0 Å². The highest BCUT2D eigenvalue weighted by Crippen LogP contribution is 2.14. The van der Waals surface area contributed by atoms with Crippen LogP contribution in [0.1, 0.15) is 54.4 Å². The highest BCUT2D eigenvalue weighted by atomic mass is 16.5. The molecule has 1 nitrogen and oxygen atoms in total. The highest BCUT2D eigenvalue weighted by Gasteiger charge is 2.14. The average molecular weight is 198 g/mol. The van der Waals surface area contributed by atoms with E-state index in [9.17, 15) is 0 Å². The standard InChI is InChI=1S/C13H26O/c1-11(2)9-7-8-10-12(3)14-13(4,5)6/h7,9,11-12H,8,10H2,1-6H3/b9-7+/t12-/m0/s1. The fourth-order valence-electron chi connectivity index (χ4n) is 1.36. The molecule has 0 saturated carbocycles. The summed E-state index contributed by atoms with van der Waals surface area (Å²) in [5.41, 5.74) is -0.0127. The Balaban J connectivity index is 3.60. The van der Waals surface area contributed by atoms with Crippen LogP contribution >= 0.6 is 0 Å². The first-order valence-electron chi connectivity index (χ1n) is 5.66. The zero-order valence-corrected chi connectivity index (χ0v) is 10.6. The Morgan fingerprint density at radius 1 is 1.14 bits per heavy atom. The maximum absolute atomic E-state index is 5.81. The van der Waals surface area contributed by atoms with Crippen molar-refractivity contribution in [3.05, 3.63) is 12.2 Å². The minimum absolute atomic E-state index is 0.0127. The molecule has 0 fully saturated rings. The number of hydrogen-bond acceptors (Lipinski definition) is 1. The molecule has 0 aromatic heterocycles. The first-order valence-corrected chi connectivity index (χ1v) is 5.66. The monoisotopic (exact) mass is 198 g/mol. The van der Waals surface area contributed by atoms with Crippen LogP contribution in [0.5, 0.6) is 0 Å². The van der Waals surface area contributed by atoms with E-state index in [0.717, 1.165) is 12.8 Å². The van der Waals surface area contributed by atoms with E-state index in [4.69, 9.17) is 4.74 Å². The van der Waals surface area contributed by atoms with Crippen LogP contribution in [0.2, 0.25) is 0 Å². The molecule has 14 heavy (non-hydrogen) atoms. The average Bonchev–Trinajstić information content (AvgIpc) is 1.94.